The zero-order valence-corrected chi connectivity index (χ0v) is 9.75. The Labute approximate surface area is 93.6 Å². The van der Waals surface area contributed by atoms with Crippen molar-refractivity contribution in [1.29, 1.82) is 0 Å². The molecule has 14 heavy (non-hydrogen) atoms. The van der Waals surface area contributed by atoms with E-state index >= 15 is 0 Å². The van der Waals surface area contributed by atoms with Crippen molar-refractivity contribution >= 4 is 27.3 Å². The predicted octanol–water partition coefficient (Wildman–Crippen LogP) is 2.37. The van der Waals surface area contributed by atoms with Crippen LogP contribution in [0, 0.1) is 0 Å². The number of hydrogen-bond donors (Lipinski definition) is 2. The van der Waals surface area contributed by atoms with Gasteiger partial charge in [-0.3, -0.25) is 0 Å². The predicted molar refractivity (Wildman–Crippen MR) is 57.8 cm³/mol. The van der Waals surface area contributed by atoms with Gasteiger partial charge in [-0.1, -0.05) is 0 Å². The van der Waals surface area contributed by atoms with Crippen molar-refractivity contribution in [3.63, 3.8) is 0 Å². The average Bonchev–Trinajstić information content (AvgIpc) is 2.53. The second kappa shape index (κ2) is 5.75. The van der Waals surface area contributed by atoms with Crippen LogP contribution in [-0.2, 0) is 0 Å². The second-order valence-corrected chi connectivity index (χ2v) is 4.52. The highest BCUT2D eigenvalue weighted by Crippen LogP contribution is 2.28. The van der Waals surface area contributed by atoms with E-state index in [1.165, 1.54) is 11.3 Å². The number of nitrogens with one attached hydrogen (secondary N) is 1. The molecule has 3 N–H and O–H groups in total. The zero-order chi connectivity index (χ0) is 10.6. The van der Waals surface area contributed by atoms with E-state index in [0.717, 1.165) is 9.35 Å². The lowest BCUT2D eigenvalue weighted by molar-refractivity contribution is 0.142. The van der Waals surface area contributed by atoms with Gasteiger partial charge in [-0.25, -0.2) is 8.78 Å². The van der Waals surface area contributed by atoms with Gasteiger partial charge in [-0.2, -0.15) is 0 Å². The quantitative estimate of drug-likeness (QED) is 0.871. The van der Waals surface area contributed by atoms with E-state index in [4.69, 9.17) is 5.73 Å². The second-order valence-electron chi connectivity index (χ2n) is 2.72. The SMILES string of the molecule is NCC(NCC(F)F)c1sccc1Br. The van der Waals surface area contributed by atoms with Crippen LogP contribution in [0.1, 0.15) is 10.9 Å². The maximum atomic E-state index is 12.0. The third-order valence-electron chi connectivity index (χ3n) is 1.72. The maximum absolute atomic E-state index is 12.0. The van der Waals surface area contributed by atoms with E-state index in [9.17, 15) is 8.78 Å². The molecule has 0 aromatic carbocycles. The van der Waals surface area contributed by atoms with Gasteiger partial charge in [-0.05, 0) is 27.4 Å². The van der Waals surface area contributed by atoms with Gasteiger partial charge in [0.1, 0.15) is 0 Å². The first-order chi connectivity index (χ1) is 6.65. The van der Waals surface area contributed by atoms with Crippen LogP contribution in [0.3, 0.4) is 0 Å². The van der Waals surface area contributed by atoms with Crippen LogP contribution in [0.25, 0.3) is 0 Å². The van der Waals surface area contributed by atoms with Crippen LogP contribution in [0.5, 0.6) is 0 Å². The third kappa shape index (κ3) is 3.27. The molecule has 0 spiro atoms. The summed E-state index contributed by atoms with van der Waals surface area (Å²) in [5, 5.41) is 4.61. The molecule has 0 fully saturated rings. The first-order valence-electron chi connectivity index (χ1n) is 4.09. The minimum Gasteiger partial charge on any atom is -0.329 e. The molecule has 80 valence electrons. The van der Waals surface area contributed by atoms with Gasteiger partial charge in [0.05, 0.1) is 12.6 Å². The van der Waals surface area contributed by atoms with Crippen molar-refractivity contribution in [3.05, 3.63) is 20.8 Å². The molecule has 1 rings (SSSR count). The van der Waals surface area contributed by atoms with Crippen molar-refractivity contribution in [1.82, 2.24) is 5.32 Å². The number of halogens is 3. The standard InChI is InChI=1S/C8H11BrF2N2S/c9-5-1-2-14-8(5)6(3-12)13-4-7(10)11/h1-2,6-7,13H,3-4,12H2. The summed E-state index contributed by atoms with van der Waals surface area (Å²) in [5.41, 5.74) is 5.50. The summed E-state index contributed by atoms with van der Waals surface area (Å²) in [6.45, 7) is -0.0158. The first kappa shape index (κ1) is 12.0. The molecule has 1 unspecified atom stereocenters. The Kier molecular flexibility index (Phi) is 4.94. The molecular weight excluding hydrogens is 274 g/mol. The highest BCUT2D eigenvalue weighted by Gasteiger charge is 2.15. The fourth-order valence-electron chi connectivity index (χ4n) is 1.07. The summed E-state index contributed by atoms with van der Waals surface area (Å²) >= 11 is 4.84. The summed E-state index contributed by atoms with van der Waals surface area (Å²) in [6.07, 6.45) is -2.34. The van der Waals surface area contributed by atoms with Gasteiger partial charge in [-0.15, -0.1) is 11.3 Å². The Hall–Kier alpha value is -0.0400. The molecule has 1 aromatic heterocycles. The fraction of sp³-hybridized carbons (Fsp3) is 0.500. The molecule has 0 aliphatic heterocycles. The molecular formula is C8H11BrF2N2S. The fourth-order valence-corrected chi connectivity index (χ4v) is 2.81. The largest absolute Gasteiger partial charge is 0.329 e. The molecule has 1 aromatic rings. The number of thiophene rings is 1. The van der Waals surface area contributed by atoms with Crippen LogP contribution in [0.4, 0.5) is 8.78 Å². The summed E-state index contributed by atoms with van der Waals surface area (Å²) < 4.78 is 24.8. The molecule has 0 amide bonds. The lowest BCUT2D eigenvalue weighted by Gasteiger charge is -2.15. The van der Waals surface area contributed by atoms with Crippen molar-refractivity contribution in [2.45, 2.75) is 12.5 Å². The van der Waals surface area contributed by atoms with E-state index in [0.29, 0.717) is 6.54 Å². The van der Waals surface area contributed by atoms with E-state index in [-0.39, 0.29) is 12.6 Å². The lowest BCUT2D eigenvalue weighted by Crippen LogP contribution is -2.31. The molecule has 0 radical (unpaired) electrons. The molecule has 1 atom stereocenters. The van der Waals surface area contributed by atoms with E-state index < -0.39 is 6.43 Å². The topological polar surface area (TPSA) is 38.0 Å². The molecule has 6 heteroatoms. The molecule has 2 nitrogen and oxygen atoms in total. The monoisotopic (exact) mass is 284 g/mol. The molecule has 1 heterocycles. The van der Waals surface area contributed by atoms with E-state index in [1.54, 1.807) is 0 Å². The highest BCUT2D eigenvalue weighted by atomic mass is 79.9. The minimum atomic E-state index is -2.34. The normalized spacial score (nSPS) is 13.5. The Bertz CT molecular complexity index is 280. The Morgan fingerprint density at radius 1 is 1.57 bits per heavy atom. The van der Waals surface area contributed by atoms with E-state index in [2.05, 4.69) is 21.2 Å². The van der Waals surface area contributed by atoms with Crippen LogP contribution in [0.15, 0.2) is 15.9 Å². The highest BCUT2D eigenvalue weighted by molar-refractivity contribution is 9.10. The van der Waals surface area contributed by atoms with E-state index in [1.807, 2.05) is 11.4 Å². The van der Waals surface area contributed by atoms with Crippen molar-refractivity contribution in [2.75, 3.05) is 13.1 Å². The van der Waals surface area contributed by atoms with Gasteiger partial charge in [0.25, 0.3) is 6.43 Å². The van der Waals surface area contributed by atoms with Gasteiger partial charge >= 0.3 is 0 Å². The molecule has 0 saturated carbocycles. The zero-order valence-electron chi connectivity index (χ0n) is 7.34. The molecule has 0 saturated heterocycles. The summed E-state index contributed by atoms with van der Waals surface area (Å²) in [4.78, 5) is 0.966. The van der Waals surface area contributed by atoms with Gasteiger partial charge in [0.2, 0.25) is 0 Å². The summed E-state index contributed by atoms with van der Waals surface area (Å²) in [5.74, 6) is 0. The number of alkyl halides is 2. The minimum absolute atomic E-state index is 0.196. The van der Waals surface area contributed by atoms with Gasteiger partial charge < -0.3 is 11.1 Å². The smallest absolute Gasteiger partial charge is 0.250 e. The average molecular weight is 285 g/mol. The van der Waals surface area contributed by atoms with Crippen LogP contribution in [0.2, 0.25) is 0 Å². The van der Waals surface area contributed by atoms with Crippen LogP contribution < -0.4 is 11.1 Å². The summed E-state index contributed by atoms with van der Waals surface area (Å²) in [6, 6.07) is 1.69. The third-order valence-corrected chi connectivity index (χ3v) is 3.70. The van der Waals surface area contributed by atoms with Crippen molar-refractivity contribution in [2.24, 2.45) is 5.73 Å². The lowest BCUT2D eigenvalue weighted by atomic mass is 10.2. The maximum Gasteiger partial charge on any atom is 0.250 e. The Balaban J connectivity index is 2.58. The first-order valence-corrected chi connectivity index (χ1v) is 5.77. The Morgan fingerprint density at radius 2 is 2.29 bits per heavy atom. The number of rotatable bonds is 5. The van der Waals surface area contributed by atoms with Gasteiger partial charge in [0, 0.05) is 15.9 Å². The summed E-state index contributed by atoms with van der Waals surface area (Å²) in [7, 11) is 0. The molecule has 0 aliphatic rings. The Morgan fingerprint density at radius 3 is 2.71 bits per heavy atom. The number of nitrogens with two attached hydrogens (primary N) is 1. The van der Waals surface area contributed by atoms with Crippen molar-refractivity contribution < 1.29 is 8.78 Å². The number of hydrogen-bond acceptors (Lipinski definition) is 3. The van der Waals surface area contributed by atoms with Crippen LogP contribution >= 0.6 is 27.3 Å². The molecule has 0 bridgehead atoms. The molecule has 0 aliphatic carbocycles. The van der Waals surface area contributed by atoms with Crippen molar-refractivity contribution in [3.8, 4) is 0 Å². The van der Waals surface area contributed by atoms with Gasteiger partial charge in [0.15, 0.2) is 0 Å². The van der Waals surface area contributed by atoms with Crippen LogP contribution in [-0.4, -0.2) is 19.5 Å².